The highest BCUT2D eigenvalue weighted by Crippen LogP contribution is 2.34. The minimum Gasteiger partial charge on any atom is -0.372 e. The van der Waals surface area contributed by atoms with Crippen molar-refractivity contribution in [3.8, 4) is 0 Å². The van der Waals surface area contributed by atoms with E-state index in [1.54, 1.807) is 0 Å². The molecule has 1 heterocycles. The van der Waals surface area contributed by atoms with Crippen LogP contribution in [-0.2, 0) is 11.3 Å². The van der Waals surface area contributed by atoms with Crippen LogP contribution in [0.5, 0.6) is 0 Å². The van der Waals surface area contributed by atoms with Crippen molar-refractivity contribution < 1.29 is 4.74 Å². The van der Waals surface area contributed by atoms with Gasteiger partial charge < -0.3 is 4.74 Å². The van der Waals surface area contributed by atoms with Crippen LogP contribution in [0.3, 0.4) is 0 Å². The molecule has 0 bridgehead atoms. The first kappa shape index (κ1) is 14.7. The summed E-state index contributed by atoms with van der Waals surface area (Å²) in [5.74, 6) is 0.702. The van der Waals surface area contributed by atoms with Gasteiger partial charge in [0.15, 0.2) is 0 Å². The van der Waals surface area contributed by atoms with Crippen LogP contribution in [-0.4, -0.2) is 11.1 Å². The standard InChI is InChI=1S/C18H20BrNO/c19-17-7-4-12-20-18(17)13-21-16-10-8-15(9-11-16)14-5-2-1-3-6-14/h1-7,12,15-16H,8-11,13H2. The van der Waals surface area contributed by atoms with Gasteiger partial charge in [0.05, 0.1) is 18.4 Å². The van der Waals surface area contributed by atoms with E-state index in [1.807, 2.05) is 18.3 Å². The molecule has 0 N–H and O–H groups in total. The summed E-state index contributed by atoms with van der Waals surface area (Å²) >= 11 is 3.52. The maximum Gasteiger partial charge on any atom is 0.0903 e. The number of nitrogens with zero attached hydrogens (tertiary/aromatic N) is 1. The van der Waals surface area contributed by atoms with Gasteiger partial charge in [0.25, 0.3) is 0 Å². The number of benzene rings is 1. The van der Waals surface area contributed by atoms with Crippen LogP contribution in [0.15, 0.2) is 53.1 Å². The van der Waals surface area contributed by atoms with Crippen LogP contribution in [0.1, 0.15) is 42.9 Å². The largest absolute Gasteiger partial charge is 0.372 e. The fourth-order valence-electron chi connectivity index (χ4n) is 3.01. The monoisotopic (exact) mass is 345 g/mol. The lowest BCUT2D eigenvalue weighted by molar-refractivity contribution is 0.0115. The highest BCUT2D eigenvalue weighted by atomic mass is 79.9. The summed E-state index contributed by atoms with van der Waals surface area (Å²) in [6.07, 6.45) is 6.92. The maximum atomic E-state index is 6.04. The summed E-state index contributed by atoms with van der Waals surface area (Å²) in [6.45, 7) is 0.599. The summed E-state index contributed by atoms with van der Waals surface area (Å²) in [4.78, 5) is 4.35. The molecule has 1 aromatic carbocycles. The zero-order valence-electron chi connectivity index (χ0n) is 12.0. The van der Waals surface area contributed by atoms with Gasteiger partial charge in [0, 0.05) is 10.7 Å². The molecule has 2 aromatic rings. The third-order valence-corrected chi connectivity index (χ3v) is 4.96. The average molecular weight is 346 g/mol. The first-order chi connectivity index (χ1) is 10.3. The van der Waals surface area contributed by atoms with E-state index >= 15 is 0 Å². The third kappa shape index (κ3) is 3.92. The Morgan fingerprint density at radius 3 is 2.48 bits per heavy atom. The Balaban J connectivity index is 1.49. The van der Waals surface area contributed by atoms with Gasteiger partial charge >= 0.3 is 0 Å². The quantitative estimate of drug-likeness (QED) is 0.770. The molecule has 21 heavy (non-hydrogen) atoms. The number of halogens is 1. The van der Waals surface area contributed by atoms with Crippen LogP contribution < -0.4 is 0 Å². The van der Waals surface area contributed by atoms with Crippen molar-refractivity contribution >= 4 is 15.9 Å². The predicted molar refractivity (Wildman–Crippen MR) is 88.2 cm³/mol. The third-order valence-electron chi connectivity index (χ3n) is 4.24. The van der Waals surface area contributed by atoms with E-state index in [2.05, 4.69) is 51.2 Å². The van der Waals surface area contributed by atoms with E-state index in [0.29, 0.717) is 18.6 Å². The lowest BCUT2D eigenvalue weighted by atomic mass is 9.83. The fourth-order valence-corrected chi connectivity index (χ4v) is 3.38. The van der Waals surface area contributed by atoms with E-state index in [-0.39, 0.29) is 0 Å². The van der Waals surface area contributed by atoms with Gasteiger partial charge in [-0.05, 0) is 65.2 Å². The molecule has 0 spiro atoms. The van der Waals surface area contributed by atoms with Crippen molar-refractivity contribution in [2.45, 2.75) is 44.3 Å². The van der Waals surface area contributed by atoms with Gasteiger partial charge in [-0.25, -0.2) is 0 Å². The molecule has 0 saturated heterocycles. The molecular weight excluding hydrogens is 326 g/mol. The zero-order chi connectivity index (χ0) is 14.5. The highest BCUT2D eigenvalue weighted by molar-refractivity contribution is 9.10. The van der Waals surface area contributed by atoms with E-state index in [4.69, 9.17) is 4.74 Å². The molecule has 3 rings (SSSR count). The maximum absolute atomic E-state index is 6.04. The normalized spacial score (nSPS) is 22.1. The zero-order valence-corrected chi connectivity index (χ0v) is 13.6. The molecule has 2 nitrogen and oxygen atoms in total. The number of aromatic nitrogens is 1. The number of ether oxygens (including phenoxy) is 1. The predicted octanol–water partition coefficient (Wildman–Crippen LogP) is 5.09. The molecule has 0 unspecified atom stereocenters. The fraction of sp³-hybridized carbons (Fsp3) is 0.389. The van der Waals surface area contributed by atoms with Crippen molar-refractivity contribution in [2.75, 3.05) is 0 Å². The molecule has 0 aliphatic heterocycles. The highest BCUT2D eigenvalue weighted by Gasteiger charge is 2.22. The molecule has 1 aromatic heterocycles. The number of hydrogen-bond acceptors (Lipinski definition) is 2. The van der Waals surface area contributed by atoms with Gasteiger partial charge in [0.1, 0.15) is 0 Å². The van der Waals surface area contributed by atoms with Gasteiger partial charge in [-0.3, -0.25) is 4.98 Å². The SMILES string of the molecule is Brc1cccnc1COC1CCC(c2ccccc2)CC1. The molecular formula is C18H20BrNO. The smallest absolute Gasteiger partial charge is 0.0903 e. The molecule has 0 amide bonds. The van der Waals surface area contributed by atoms with Gasteiger partial charge in [-0.15, -0.1) is 0 Å². The Morgan fingerprint density at radius 2 is 1.76 bits per heavy atom. The number of hydrogen-bond donors (Lipinski definition) is 0. The van der Waals surface area contributed by atoms with Gasteiger partial charge in [-0.2, -0.15) is 0 Å². The second-order valence-electron chi connectivity index (χ2n) is 5.63. The number of pyridine rings is 1. The molecule has 0 atom stereocenters. The van der Waals surface area contributed by atoms with E-state index < -0.39 is 0 Å². The summed E-state index contributed by atoms with van der Waals surface area (Å²) < 4.78 is 7.07. The van der Waals surface area contributed by atoms with Gasteiger partial charge in [0.2, 0.25) is 0 Å². The summed E-state index contributed by atoms with van der Waals surface area (Å²) in [5.41, 5.74) is 2.46. The lowest BCUT2D eigenvalue weighted by Crippen LogP contribution is -2.21. The van der Waals surface area contributed by atoms with Crippen molar-refractivity contribution in [3.63, 3.8) is 0 Å². The average Bonchev–Trinajstić information content (AvgIpc) is 2.55. The first-order valence-electron chi connectivity index (χ1n) is 7.59. The molecule has 110 valence electrons. The first-order valence-corrected chi connectivity index (χ1v) is 8.38. The van der Waals surface area contributed by atoms with Crippen LogP contribution in [0.25, 0.3) is 0 Å². The van der Waals surface area contributed by atoms with Crippen molar-refractivity contribution in [1.82, 2.24) is 4.98 Å². The molecule has 1 aliphatic rings. The van der Waals surface area contributed by atoms with Crippen LogP contribution in [0.4, 0.5) is 0 Å². The minimum absolute atomic E-state index is 0.374. The number of rotatable bonds is 4. The van der Waals surface area contributed by atoms with Crippen LogP contribution >= 0.6 is 15.9 Å². The van der Waals surface area contributed by atoms with Crippen molar-refractivity contribution in [2.24, 2.45) is 0 Å². The minimum atomic E-state index is 0.374. The Morgan fingerprint density at radius 1 is 1.00 bits per heavy atom. The van der Waals surface area contributed by atoms with Gasteiger partial charge in [-0.1, -0.05) is 30.3 Å². The molecule has 3 heteroatoms. The van der Waals surface area contributed by atoms with E-state index in [0.717, 1.165) is 23.0 Å². The Bertz CT molecular complexity index is 564. The van der Waals surface area contributed by atoms with Crippen molar-refractivity contribution in [3.05, 3.63) is 64.4 Å². The Hall–Kier alpha value is -1.19. The summed E-state index contributed by atoms with van der Waals surface area (Å²) in [5, 5.41) is 0. The van der Waals surface area contributed by atoms with Crippen LogP contribution in [0, 0.1) is 0 Å². The second kappa shape index (κ2) is 7.19. The summed E-state index contributed by atoms with van der Waals surface area (Å²) in [7, 11) is 0. The van der Waals surface area contributed by atoms with E-state index in [1.165, 1.54) is 18.4 Å². The molecule has 0 radical (unpaired) electrons. The van der Waals surface area contributed by atoms with Crippen molar-refractivity contribution in [1.29, 1.82) is 0 Å². The topological polar surface area (TPSA) is 22.1 Å². The Labute approximate surface area is 134 Å². The lowest BCUT2D eigenvalue weighted by Gasteiger charge is -2.28. The molecule has 1 saturated carbocycles. The Kier molecular flexibility index (Phi) is 5.04. The summed E-state index contributed by atoms with van der Waals surface area (Å²) in [6, 6.07) is 14.8. The molecule has 1 aliphatic carbocycles. The van der Waals surface area contributed by atoms with Crippen LogP contribution in [0.2, 0.25) is 0 Å². The molecule has 1 fully saturated rings. The van der Waals surface area contributed by atoms with E-state index in [9.17, 15) is 0 Å². The second-order valence-corrected chi connectivity index (χ2v) is 6.48.